The van der Waals surface area contributed by atoms with E-state index >= 15 is 0 Å². The number of nitrogens with one attached hydrogen (secondary N) is 1. The monoisotopic (exact) mass is 357 g/mol. The smallest absolute Gasteiger partial charge is 0.143 e. The van der Waals surface area contributed by atoms with Crippen LogP contribution in [0.4, 0.5) is 13.2 Å². The van der Waals surface area contributed by atoms with Crippen LogP contribution in [0.2, 0.25) is 0 Å². The second-order valence-corrected chi connectivity index (χ2v) is 5.72. The van der Waals surface area contributed by atoms with E-state index < -0.39 is 11.6 Å². The molecule has 0 saturated heterocycles. The number of aryl methyl sites for hydroxylation is 1. The molecule has 1 nitrogen and oxygen atoms in total. The van der Waals surface area contributed by atoms with Crippen LogP contribution in [0.1, 0.15) is 22.7 Å². The molecule has 2 aromatic carbocycles. The largest absolute Gasteiger partial charge is 0.313 e. The zero-order chi connectivity index (χ0) is 15.6. The summed E-state index contributed by atoms with van der Waals surface area (Å²) in [6.45, 7) is 1.77. The maximum atomic E-state index is 14.1. The third-order valence-electron chi connectivity index (χ3n) is 3.50. The van der Waals surface area contributed by atoms with Crippen molar-refractivity contribution in [1.29, 1.82) is 0 Å². The zero-order valence-corrected chi connectivity index (χ0v) is 13.3. The van der Waals surface area contributed by atoms with Crippen LogP contribution in [0.15, 0.2) is 34.8 Å². The summed E-state index contributed by atoms with van der Waals surface area (Å²) in [6, 6.07) is 6.66. The summed E-state index contributed by atoms with van der Waals surface area (Å²) in [5.74, 6) is -1.52. The van der Waals surface area contributed by atoms with Crippen LogP contribution < -0.4 is 5.32 Å². The van der Waals surface area contributed by atoms with Crippen LogP contribution >= 0.6 is 15.9 Å². The molecule has 0 aliphatic heterocycles. The molecule has 0 fully saturated rings. The van der Waals surface area contributed by atoms with E-state index in [1.165, 1.54) is 24.3 Å². The van der Waals surface area contributed by atoms with Crippen molar-refractivity contribution >= 4 is 15.9 Å². The summed E-state index contributed by atoms with van der Waals surface area (Å²) < 4.78 is 41.3. The van der Waals surface area contributed by atoms with E-state index in [0.29, 0.717) is 0 Å². The van der Waals surface area contributed by atoms with Gasteiger partial charge in [-0.15, -0.1) is 0 Å². The number of hydrogen-bond acceptors (Lipinski definition) is 1. The second-order valence-electron chi connectivity index (χ2n) is 4.87. The molecule has 2 rings (SSSR count). The number of benzene rings is 2. The molecule has 112 valence electrons. The van der Waals surface area contributed by atoms with Crippen molar-refractivity contribution in [3.63, 3.8) is 0 Å². The Labute approximate surface area is 130 Å². The molecule has 0 radical (unpaired) electrons. The van der Waals surface area contributed by atoms with Crippen molar-refractivity contribution in [2.45, 2.75) is 19.4 Å². The van der Waals surface area contributed by atoms with E-state index in [9.17, 15) is 13.2 Å². The number of hydrogen-bond donors (Lipinski definition) is 1. The Balaban J connectivity index is 2.38. The molecule has 0 amide bonds. The first kappa shape index (κ1) is 16.0. The predicted octanol–water partition coefficient (Wildman–Crippen LogP) is 4.68. The fraction of sp³-hybridized carbons (Fsp3) is 0.250. The highest BCUT2D eigenvalue weighted by atomic mass is 79.9. The molecule has 1 atom stereocenters. The van der Waals surface area contributed by atoms with Crippen LogP contribution in [-0.2, 0) is 6.42 Å². The first-order valence-corrected chi connectivity index (χ1v) is 7.29. The fourth-order valence-electron chi connectivity index (χ4n) is 2.36. The molecule has 1 unspecified atom stereocenters. The van der Waals surface area contributed by atoms with Gasteiger partial charge in [-0.3, -0.25) is 0 Å². The highest BCUT2D eigenvalue weighted by molar-refractivity contribution is 9.10. The third-order valence-corrected chi connectivity index (χ3v) is 4.12. The Morgan fingerprint density at radius 1 is 1.14 bits per heavy atom. The van der Waals surface area contributed by atoms with Gasteiger partial charge in [-0.05, 0) is 71.7 Å². The molecule has 0 aliphatic carbocycles. The lowest BCUT2D eigenvalue weighted by atomic mass is 9.95. The van der Waals surface area contributed by atoms with Crippen molar-refractivity contribution in [3.05, 3.63) is 68.9 Å². The summed E-state index contributed by atoms with van der Waals surface area (Å²) in [4.78, 5) is 0. The first-order valence-electron chi connectivity index (χ1n) is 6.49. The topological polar surface area (TPSA) is 12.0 Å². The van der Waals surface area contributed by atoms with Gasteiger partial charge in [0.25, 0.3) is 0 Å². The molecule has 0 bridgehead atoms. The van der Waals surface area contributed by atoms with Gasteiger partial charge in [-0.2, -0.15) is 0 Å². The first-order chi connectivity index (χ1) is 9.93. The van der Waals surface area contributed by atoms with Crippen molar-refractivity contribution in [3.8, 4) is 0 Å². The van der Waals surface area contributed by atoms with Crippen LogP contribution in [-0.4, -0.2) is 7.05 Å². The Kier molecular flexibility index (Phi) is 5.06. The third kappa shape index (κ3) is 3.47. The Morgan fingerprint density at radius 3 is 2.48 bits per heavy atom. The van der Waals surface area contributed by atoms with Gasteiger partial charge >= 0.3 is 0 Å². The minimum Gasteiger partial charge on any atom is -0.313 e. The molecule has 5 heteroatoms. The Bertz CT molecular complexity index is 658. The number of rotatable bonds is 4. The van der Waals surface area contributed by atoms with Crippen LogP contribution in [0, 0.1) is 24.4 Å². The van der Waals surface area contributed by atoms with Gasteiger partial charge in [0.1, 0.15) is 17.5 Å². The molecule has 0 saturated carbocycles. The van der Waals surface area contributed by atoms with E-state index in [2.05, 4.69) is 21.2 Å². The molecule has 0 heterocycles. The minimum atomic E-state index is -0.602. The molecular formula is C16H15BrF3N. The lowest BCUT2D eigenvalue weighted by Gasteiger charge is -2.20. The minimum absolute atomic E-state index is 0.00690. The number of likely N-dealkylation sites (N-methyl/N-ethyl adjacent to an activating group) is 1. The van der Waals surface area contributed by atoms with Crippen LogP contribution in [0.5, 0.6) is 0 Å². The van der Waals surface area contributed by atoms with Gasteiger partial charge < -0.3 is 5.32 Å². The van der Waals surface area contributed by atoms with Crippen LogP contribution in [0.3, 0.4) is 0 Å². The molecule has 0 aromatic heterocycles. The number of halogens is 4. The summed E-state index contributed by atoms with van der Waals surface area (Å²) in [6.07, 6.45) is 0.139. The normalized spacial score (nSPS) is 12.5. The van der Waals surface area contributed by atoms with E-state index in [-0.39, 0.29) is 28.3 Å². The molecule has 0 spiro atoms. The van der Waals surface area contributed by atoms with Crippen LogP contribution in [0.25, 0.3) is 0 Å². The van der Waals surface area contributed by atoms with Crippen molar-refractivity contribution < 1.29 is 13.2 Å². The summed E-state index contributed by atoms with van der Waals surface area (Å²) in [5.41, 5.74) is 1.57. The molecule has 21 heavy (non-hydrogen) atoms. The predicted molar refractivity (Wildman–Crippen MR) is 80.7 cm³/mol. The molecule has 2 aromatic rings. The van der Waals surface area contributed by atoms with Gasteiger partial charge in [-0.25, -0.2) is 13.2 Å². The van der Waals surface area contributed by atoms with Crippen molar-refractivity contribution in [2.24, 2.45) is 0 Å². The maximum Gasteiger partial charge on any atom is 0.143 e. The highest BCUT2D eigenvalue weighted by Gasteiger charge is 2.19. The second kappa shape index (κ2) is 6.62. The highest BCUT2D eigenvalue weighted by Crippen LogP contribution is 2.28. The standard InChI is InChI=1S/C16H15BrF3N/c1-9-7-10(18)3-4-11(9)15(21-2)8-12-14(19)6-5-13(17)16(12)20/h3-7,15,21H,8H2,1-2H3. The summed E-state index contributed by atoms with van der Waals surface area (Å²) in [7, 11) is 1.71. The molecule has 0 aliphatic rings. The van der Waals surface area contributed by atoms with E-state index in [4.69, 9.17) is 0 Å². The van der Waals surface area contributed by atoms with Gasteiger partial charge in [0.2, 0.25) is 0 Å². The van der Waals surface area contributed by atoms with Crippen molar-refractivity contribution in [1.82, 2.24) is 5.32 Å². The molecule has 1 N–H and O–H groups in total. The van der Waals surface area contributed by atoms with Gasteiger partial charge in [-0.1, -0.05) is 6.07 Å². The average Bonchev–Trinajstić information content (AvgIpc) is 2.44. The van der Waals surface area contributed by atoms with E-state index in [1.807, 2.05) is 0 Å². The van der Waals surface area contributed by atoms with E-state index in [1.54, 1.807) is 20.0 Å². The van der Waals surface area contributed by atoms with Crippen molar-refractivity contribution in [2.75, 3.05) is 7.05 Å². The maximum absolute atomic E-state index is 14.1. The van der Waals surface area contributed by atoms with E-state index in [0.717, 1.165) is 11.1 Å². The quantitative estimate of drug-likeness (QED) is 0.783. The summed E-state index contributed by atoms with van der Waals surface area (Å²) >= 11 is 3.06. The lowest BCUT2D eigenvalue weighted by molar-refractivity contribution is 0.510. The van der Waals surface area contributed by atoms with Gasteiger partial charge in [0.05, 0.1) is 4.47 Å². The summed E-state index contributed by atoms with van der Waals surface area (Å²) in [5, 5.41) is 3.03. The Morgan fingerprint density at radius 2 is 1.86 bits per heavy atom. The Hall–Kier alpha value is -1.33. The zero-order valence-electron chi connectivity index (χ0n) is 11.7. The average molecular weight is 358 g/mol. The molecular weight excluding hydrogens is 343 g/mol. The SMILES string of the molecule is CNC(Cc1c(F)ccc(Br)c1F)c1ccc(F)cc1C. The van der Waals surface area contributed by atoms with Gasteiger partial charge in [0.15, 0.2) is 0 Å². The lowest BCUT2D eigenvalue weighted by Crippen LogP contribution is -2.21. The van der Waals surface area contributed by atoms with Gasteiger partial charge in [0, 0.05) is 11.6 Å². The fourth-order valence-corrected chi connectivity index (χ4v) is 2.73.